The fraction of sp³-hybridized carbons (Fsp3) is 0.200. The number of nitrogens with one attached hydrogen (secondary N) is 1. The number of hydrogen-bond acceptors (Lipinski definition) is 5. The van der Waals surface area contributed by atoms with Gasteiger partial charge in [0.05, 0.1) is 11.1 Å². The Labute approximate surface area is 156 Å². The van der Waals surface area contributed by atoms with Crippen LogP contribution in [0.25, 0.3) is 0 Å². The molecule has 0 saturated heterocycles. The van der Waals surface area contributed by atoms with E-state index in [2.05, 4.69) is 5.32 Å². The third-order valence-corrected chi connectivity index (χ3v) is 4.18. The molecule has 0 aromatic heterocycles. The molecule has 0 spiro atoms. The van der Waals surface area contributed by atoms with Crippen molar-refractivity contribution in [3.05, 3.63) is 70.4 Å². The standard InChI is InChI=1S/C20H18ClNO4/c1-3-25-20-17(11-22-15-7-4-13(5-8-15)12(2)23)19(24)16-10-14(21)6-9-18(16)26-20/h4-11,20,22H,3H2,1-2H3/b17-11-. The first kappa shape index (κ1) is 18.2. The van der Waals surface area contributed by atoms with Crippen molar-refractivity contribution in [2.45, 2.75) is 20.1 Å². The summed E-state index contributed by atoms with van der Waals surface area (Å²) in [5, 5.41) is 3.52. The van der Waals surface area contributed by atoms with E-state index in [0.717, 1.165) is 5.69 Å². The number of benzene rings is 2. The van der Waals surface area contributed by atoms with Crippen molar-refractivity contribution >= 4 is 28.9 Å². The normalized spacial score (nSPS) is 17.6. The van der Waals surface area contributed by atoms with Crippen molar-refractivity contribution in [3.8, 4) is 5.75 Å². The van der Waals surface area contributed by atoms with Gasteiger partial charge in [-0.1, -0.05) is 11.6 Å². The van der Waals surface area contributed by atoms with Crippen LogP contribution in [0.4, 0.5) is 5.69 Å². The van der Waals surface area contributed by atoms with Gasteiger partial charge >= 0.3 is 0 Å². The fourth-order valence-corrected chi connectivity index (χ4v) is 2.77. The molecular weight excluding hydrogens is 354 g/mol. The number of halogens is 1. The second kappa shape index (κ2) is 7.72. The van der Waals surface area contributed by atoms with Crippen LogP contribution in [0.15, 0.2) is 54.2 Å². The smallest absolute Gasteiger partial charge is 0.232 e. The summed E-state index contributed by atoms with van der Waals surface area (Å²) in [5.41, 5.74) is 2.10. The van der Waals surface area contributed by atoms with Gasteiger partial charge in [-0.15, -0.1) is 0 Å². The van der Waals surface area contributed by atoms with E-state index in [9.17, 15) is 9.59 Å². The second-order valence-corrected chi connectivity index (χ2v) is 6.19. The average molecular weight is 372 g/mol. The Hall–Kier alpha value is -2.63. The summed E-state index contributed by atoms with van der Waals surface area (Å²) in [6, 6.07) is 11.9. The Kier molecular flexibility index (Phi) is 5.40. The molecule has 5 nitrogen and oxygen atoms in total. The molecule has 6 heteroatoms. The van der Waals surface area contributed by atoms with Crippen LogP contribution in [0, 0.1) is 0 Å². The second-order valence-electron chi connectivity index (χ2n) is 5.75. The number of fused-ring (bicyclic) bond motifs is 1. The first-order valence-corrected chi connectivity index (χ1v) is 8.57. The van der Waals surface area contributed by atoms with Crippen molar-refractivity contribution in [1.82, 2.24) is 0 Å². The van der Waals surface area contributed by atoms with Gasteiger partial charge in [0, 0.05) is 29.1 Å². The Bertz CT molecular complexity index is 874. The number of carbonyl (C=O) groups excluding carboxylic acids is 2. The number of Topliss-reactive ketones (excluding diaryl/α,β-unsaturated/α-hetero) is 2. The molecule has 0 bridgehead atoms. The van der Waals surface area contributed by atoms with E-state index in [1.165, 1.54) is 6.92 Å². The van der Waals surface area contributed by atoms with Crippen LogP contribution in [-0.2, 0) is 4.74 Å². The van der Waals surface area contributed by atoms with Gasteiger partial charge in [-0.05, 0) is 56.3 Å². The summed E-state index contributed by atoms with van der Waals surface area (Å²) in [7, 11) is 0. The summed E-state index contributed by atoms with van der Waals surface area (Å²) >= 11 is 6.00. The molecule has 1 N–H and O–H groups in total. The first-order valence-electron chi connectivity index (χ1n) is 8.19. The van der Waals surface area contributed by atoms with Crippen LogP contribution < -0.4 is 10.1 Å². The van der Waals surface area contributed by atoms with Crippen molar-refractivity contribution in [2.75, 3.05) is 11.9 Å². The highest BCUT2D eigenvalue weighted by atomic mass is 35.5. The number of ether oxygens (including phenoxy) is 2. The van der Waals surface area contributed by atoms with Gasteiger partial charge in [0.2, 0.25) is 12.1 Å². The molecule has 1 atom stereocenters. The number of rotatable bonds is 5. The molecular formula is C20H18ClNO4. The van der Waals surface area contributed by atoms with Gasteiger partial charge in [-0.2, -0.15) is 0 Å². The highest BCUT2D eigenvalue weighted by Crippen LogP contribution is 2.33. The van der Waals surface area contributed by atoms with Crippen molar-refractivity contribution in [3.63, 3.8) is 0 Å². The lowest BCUT2D eigenvalue weighted by Gasteiger charge is -2.27. The lowest BCUT2D eigenvalue weighted by Crippen LogP contribution is -2.33. The molecule has 0 radical (unpaired) electrons. The Morgan fingerprint density at radius 2 is 2.00 bits per heavy atom. The van der Waals surface area contributed by atoms with Crippen molar-refractivity contribution < 1.29 is 19.1 Å². The third-order valence-electron chi connectivity index (χ3n) is 3.94. The first-order chi connectivity index (χ1) is 12.5. The van der Waals surface area contributed by atoms with Crippen LogP contribution in [0.2, 0.25) is 5.02 Å². The van der Waals surface area contributed by atoms with Crippen LogP contribution >= 0.6 is 11.6 Å². The lowest BCUT2D eigenvalue weighted by atomic mass is 10.00. The molecule has 3 rings (SSSR count). The van der Waals surface area contributed by atoms with Crippen LogP contribution in [0.1, 0.15) is 34.6 Å². The molecule has 2 aromatic rings. The minimum atomic E-state index is -0.801. The molecule has 134 valence electrons. The molecule has 1 aliphatic heterocycles. The predicted octanol–water partition coefficient (Wildman–Crippen LogP) is 4.48. The predicted molar refractivity (Wildman–Crippen MR) is 100.0 cm³/mol. The minimum Gasteiger partial charge on any atom is -0.460 e. The van der Waals surface area contributed by atoms with Crippen LogP contribution in [0.3, 0.4) is 0 Å². The highest BCUT2D eigenvalue weighted by molar-refractivity contribution is 6.31. The number of hydrogen-bond donors (Lipinski definition) is 1. The maximum absolute atomic E-state index is 12.8. The van der Waals surface area contributed by atoms with Crippen LogP contribution in [0.5, 0.6) is 5.75 Å². The summed E-state index contributed by atoms with van der Waals surface area (Å²) in [5.74, 6) is 0.233. The molecule has 0 aliphatic carbocycles. The summed E-state index contributed by atoms with van der Waals surface area (Å²) in [6.45, 7) is 3.74. The maximum atomic E-state index is 12.8. The Balaban J connectivity index is 1.88. The largest absolute Gasteiger partial charge is 0.460 e. The zero-order chi connectivity index (χ0) is 18.7. The maximum Gasteiger partial charge on any atom is 0.232 e. The van der Waals surface area contributed by atoms with E-state index in [-0.39, 0.29) is 11.6 Å². The van der Waals surface area contributed by atoms with Gasteiger partial charge in [-0.25, -0.2) is 0 Å². The number of carbonyl (C=O) groups is 2. The van der Waals surface area contributed by atoms with Gasteiger partial charge in [0.25, 0.3) is 0 Å². The molecule has 1 unspecified atom stereocenters. The fourth-order valence-electron chi connectivity index (χ4n) is 2.59. The zero-order valence-corrected chi connectivity index (χ0v) is 15.2. The molecule has 0 amide bonds. The zero-order valence-electron chi connectivity index (χ0n) is 14.4. The molecule has 1 aliphatic rings. The minimum absolute atomic E-state index is 0.00402. The van der Waals surface area contributed by atoms with Gasteiger partial charge in [0.15, 0.2) is 5.78 Å². The molecule has 1 heterocycles. The average Bonchev–Trinajstić information content (AvgIpc) is 2.63. The molecule has 26 heavy (non-hydrogen) atoms. The lowest BCUT2D eigenvalue weighted by molar-refractivity contribution is -0.0509. The molecule has 2 aromatic carbocycles. The SMILES string of the molecule is CCOC1Oc2ccc(Cl)cc2C(=O)/C1=C/Nc1ccc(C(C)=O)cc1. The van der Waals surface area contributed by atoms with Crippen LogP contribution in [-0.4, -0.2) is 24.5 Å². The summed E-state index contributed by atoms with van der Waals surface area (Å²) in [4.78, 5) is 24.2. The number of anilines is 1. The summed E-state index contributed by atoms with van der Waals surface area (Å²) < 4.78 is 11.4. The monoisotopic (exact) mass is 371 g/mol. The van der Waals surface area contributed by atoms with E-state index < -0.39 is 6.29 Å². The van der Waals surface area contributed by atoms with E-state index in [1.54, 1.807) is 48.7 Å². The van der Waals surface area contributed by atoms with E-state index >= 15 is 0 Å². The van der Waals surface area contributed by atoms with Gasteiger partial charge in [0.1, 0.15) is 5.75 Å². The highest BCUT2D eigenvalue weighted by Gasteiger charge is 2.32. The molecule has 0 fully saturated rings. The number of ketones is 2. The Morgan fingerprint density at radius 1 is 1.27 bits per heavy atom. The molecule has 0 saturated carbocycles. The third kappa shape index (κ3) is 3.79. The summed E-state index contributed by atoms with van der Waals surface area (Å²) in [6.07, 6.45) is 0.764. The van der Waals surface area contributed by atoms with Gasteiger partial charge < -0.3 is 14.8 Å². The van der Waals surface area contributed by atoms with E-state index in [0.29, 0.717) is 34.1 Å². The van der Waals surface area contributed by atoms with E-state index in [4.69, 9.17) is 21.1 Å². The van der Waals surface area contributed by atoms with E-state index in [1.807, 2.05) is 6.92 Å². The quantitative estimate of drug-likeness (QED) is 0.620. The Morgan fingerprint density at radius 3 is 2.65 bits per heavy atom. The van der Waals surface area contributed by atoms with Gasteiger partial charge in [-0.3, -0.25) is 9.59 Å². The van der Waals surface area contributed by atoms with Crippen molar-refractivity contribution in [2.24, 2.45) is 0 Å². The topological polar surface area (TPSA) is 64.6 Å². The van der Waals surface area contributed by atoms with Crippen molar-refractivity contribution in [1.29, 1.82) is 0 Å².